The van der Waals surface area contributed by atoms with Crippen LogP contribution in [0.3, 0.4) is 0 Å². The van der Waals surface area contributed by atoms with Crippen molar-refractivity contribution >= 4 is 11.9 Å². The van der Waals surface area contributed by atoms with Crippen LogP contribution in [0, 0.1) is 0 Å². The zero-order chi connectivity index (χ0) is 17.4. The monoisotopic (exact) mass is 333 g/mol. The number of ether oxygens (including phenoxy) is 2. The molecule has 0 amide bonds. The molecule has 2 rings (SSSR count). The average molecular weight is 333 g/mol. The number of hydrogen-bond donors (Lipinski definition) is 2. The summed E-state index contributed by atoms with van der Waals surface area (Å²) in [4.78, 5) is 15.9. The SMILES string of the molecule is CCOC(=O)c1ccc(CNC(=NC)NCC2(C)CCCO2)cc1. The maximum absolute atomic E-state index is 11.6. The first-order valence-electron chi connectivity index (χ1n) is 8.41. The highest BCUT2D eigenvalue weighted by Crippen LogP contribution is 2.23. The van der Waals surface area contributed by atoms with E-state index < -0.39 is 0 Å². The summed E-state index contributed by atoms with van der Waals surface area (Å²) < 4.78 is 10.7. The first-order chi connectivity index (χ1) is 11.6. The lowest BCUT2D eigenvalue weighted by molar-refractivity contribution is 0.0242. The highest BCUT2D eigenvalue weighted by Gasteiger charge is 2.29. The molecular formula is C18H27N3O3. The molecule has 0 aromatic heterocycles. The van der Waals surface area contributed by atoms with Crippen molar-refractivity contribution in [2.24, 2.45) is 4.99 Å². The molecule has 6 nitrogen and oxygen atoms in total. The van der Waals surface area contributed by atoms with Crippen LogP contribution in [0.2, 0.25) is 0 Å². The molecule has 0 aliphatic carbocycles. The number of guanidine groups is 1. The molecule has 1 aliphatic heterocycles. The van der Waals surface area contributed by atoms with Crippen LogP contribution in [-0.2, 0) is 16.0 Å². The van der Waals surface area contributed by atoms with Gasteiger partial charge in [-0.05, 0) is 44.4 Å². The zero-order valence-corrected chi connectivity index (χ0v) is 14.7. The van der Waals surface area contributed by atoms with Gasteiger partial charge in [-0.3, -0.25) is 4.99 Å². The summed E-state index contributed by atoms with van der Waals surface area (Å²) in [5.41, 5.74) is 1.52. The molecule has 0 radical (unpaired) electrons. The first kappa shape index (κ1) is 18.3. The van der Waals surface area contributed by atoms with Crippen molar-refractivity contribution in [2.75, 3.05) is 26.8 Å². The van der Waals surface area contributed by atoms with Gasteiger partial charge in [0.05, 0.1) is 17.8 Å². The number of esters is 1. The summed E-state index contributed by atoms with van der Waals surface area (Å²) in [6.45, 7) is 6.48. The molecule has 1 aromatic carbocycles. The Morgan fingerprint density at radius 1 is 1.33 bits per heavy atom. The molecule has 1 heterocycles. The quantitative estimate of drug-likeness (QED) is 0.474. The van der Waals surface area contributed by atoms with Gasteiger partial charge in [0.2, 0.25) is 0 Å². The van der Waals surface area contributed by atoms with Gasteiger partial charge in [-0.2, -0.15) is 0 Å². The highest BCUT2D eigenvalue weighted by molar-refractivity contribution is 5.89. The van der Waals surface area contributed by atoms with Gasteiger partial charge < -0.3 is 20.1 Å². The molecule has 6 heteroatoms. The second-order valence-corrected chi connectivity index (χ2v) is 6.10. The lowest BCUT2D eigenvalue weighted by atomic mass is 10.0. The van der Waals surface area contributed by atoms with Gasteiger partial charge in [0, 0.05) is 26.7 Å². The van der Waals surface area contributed by atoms with E-state index in [1.807, 2.05) is 12.1 Å². The summed E-state index contributed by atoms with van der Waals surface area (Å²) in [5, 5.41) is 6.58. The van der Waals surface area contributed by atoms with E-state index in [-0.39, 0.29) is 11.6 Å². The van der Waals surface area contributed by atoms with Gasteiger partial charge >= 0.3 is 5.97 Å². The number of aliphatic imine (C=N–C) groups is 1. The Morgan fingerprint density at radius 3 is 2.67 bits per heavy atom. The van der Waals surface area contributed by atoms with Crippen molar-refractivity contribution in [1.82, 2.24) is 10.6 Å². The van der Waals surface area contributed by atoms with Gasteiger partial charge in [-0.25, -0.2) is 4.79 Å². The fraction of sp³-hybridized carbons (Fsp3) is 0.556. The average Bonchev–Trinajstić information content (AvgIpc) is 3.02. The number of benzene rings is 1. The largest absolute Gasteiger partial charge is 0.462 e. The van der Waals surface area contributed by atoms with Crippen LogP contribution >= 0.6 is 0 Å². The summed E-state index contributed by atoms with van der Waals surface area (Å²) in [7, 11) is 1.75. The molecule has 1 saturated heterocycles. The lowest BCUT2D eigenvalue weighted by Crippen LogP contribution is -2.45. The zero-order valence-electron chi connectivity index (χ0n) is 14.7. The number of nitrogens with one attached hydrogen (secondary N) is 2. The summed E-state index contributed by atoms with van der Waals surface area (Å²) in [5.74, 6) is 0.445. The van der Waals surface area contributed by atoms with Gasteiger partial charge in [0.15, 0.2) is 5.96 Å². The van der Waals surface area contributed by atoms with Crippen LogP contribution in [0.1, 0.15) is 42.6 Å². The third-order valence-corrected chi connectivity index (χ3v) is 4.08. The summed E-state index contributed by atoms with van der Waals surface area (Å²) >= 11 is 0. The molecule has 1 atom stereocenters. The molecule has 0 saturated carbocycles. The normalized spacial score (nSPS) is 20.7. The Labute approximate surface area is 143 Å². The third kappa shape index (κ3) is 5.23. The Kier molecular flexibility index (Phi) is 6.61. The van der Waals surface area contributed by atoms with E-state index in [1.54, 1.807) is 26.1 Å². The van der Waals surface area contributed by atoms with E-state index >= 15 is 0 Å². The topological polar surface area (TPSA) is 72.0 Å². The minimum absolute atomic E-state index is 0.112. The molecule has 132 valence electrons. The number of hydrogen-bond acceptors (Lipinski definition) is 4. The molecule has 1 unspecified atom stereocenters. The van der Waals surface area contributed by atoms with E-state index in [2.05, 4.69) is 22.5 Å². The van der Waals surface area contributed by atoms with E-state index in [4.69, 9.17) is 9.47 Å². The predicted molar refractivity (Wildman–Crippen MR) is 94.2 cm³/mol. The number of nitrogens with zero attached hydrogens (tertiary/aromatic N) is 1. The number of rotatable bonds is 6. The van der Waals surface area contributed by atoms with Gasteiger partial charge in [-0.1, -0.05) is 12.1 Å². The molecule has 2 N–H and O–H groups in total. The molecule has 1 aliphatic rings. The van der Waals surface area contributed by atoms with Crippen LogP contribution in [0.5, 0.6) is 0 Å². The highest BCUT2D eigenvalue weighted by atomic mass is 16.5. The molecule has 0 bridgehead atoms. The van der Waals surface area contributed by atoms with Crippen LogP contribution in [0.15, 0.2) is 29.3 Å². The lowest BCUT2D eigenvalue weighted by Gasteiger charge is -2.24. The minimum Gasteiger partial charge on any atom is -0.462 e. The minimum atomic E-state index is -0.292. The summed E-state index contributed by atoms with van der Waals surface area (Å²) in [6.07, 6.45) is 2.17. The van der Waals surface area contributed by atoms with E-state index in [1.165, 1.54) is 0 Å². The molecule has 0 spiro atoms. The molecular weight excluding hydrogens is 306 g/mol. The fourth-order valence-corrected chi connectivity index (χ4v) is 2.63. The van der Waals surface area contributed by atoms with Crippen LogP contribution < -0.4 is 10.6 Å². The third-order valence-electron chi connectivity index (χ3n) is 4.08. The van der Waals surface area contributed by atoms with E-state index in [0.29, 0.717) is 18.7 Å². The molecule has 1 fully saturated rings. The van der Waals surface area contributed by atoms with E-state index in [9.17, 15) is 4.79 Å². The Morgan fingerprint density at radius 2 is 2.08 bits per heavy atom. The van der Waals surface area contributed by atoms with Crippen LogP contribution in [-0.4, -0.2) is 44.3 Å². The second-order valence-electron chi connectivity index (χ2n) is 6.10. The van der Waals surface area contributed by atoms with Gasteiger partial charge in [0.25, 0.3) is 0 Å². The predicted octanol–water partition coefficient (Wildman–Crippen LogP) is 2.10. The van der Waals surface area contributed by atoms with Crippen LogP contribution in [0.25, 0.3) is 0 Å². The standard InChI is InChI=1S/C18H27N3O3/c1-4-23-16(22)15-8-6-14(7-9-15)12-20-17(19-3)21-13-18(2)10-5-11-24-18/h6-9H,4-5,10-13H2,1-3H3,(H2,19,20,21). The molecule has 1 aromatic rings. The van der Waals surface area contributed by atoms with Crippen LogP contribution in [0.4, 0.5) is 0 Å². The Bertz CT molecular complexity index is 563. The maximum atomic E-state index is 11.6. The van der Waals surface area contributed by atoms with Gasteiger partial charge in [0.1, 0.15) is 0 Å². The fourth-order valence-electron chi connectivity index (χ4n) is 2.63. The smallest absolute Gasteiger partial charge is 0.338 e. The maximum Gasteiger partial charge on any atom is 0.338 e. The second kappa shape index (κ2) is 8.68. The Hall–Kier alpha value is -2.08. The van der Waals surface area contributed by atoms with Crippen molar-refractivity contribution in [3.05, 3.63) is 35.4 Å². The Balaban J connectivity index is 1.81. The van der Waals surface area contributed by atoms with Crippen molar-refractivity contribution in [1.29, 1.82) is 0 Å². The number of carbonyl (C=O) groups excluding carboxylic acids is 1. The van der Waals surface area contributed by atoms with Crippen molar-refractivity contribution in [3.63, 3.8) is 0 Å². The van der Waals surface area contributed by atoms with Gasteiger partial charge in [-0.15, -0.1) is 0 Å². The van der Waals surface area contributed by atoms with Crippen molar-refractivity contribution < 1.29 is 14.3 Å². The first-order valence-corrected chi connectivity index (χ1v) is 8.41. The summed E-state index contributed by atoms with van der Waals surface area (Å²) in [6, 6.07) is 7.37. The van der Waals surface area contributed by atoms with Crippen molar-refractivity contribution in [3.8, 4) is 0 Å². The van der Waals surface area contributed by atoms with Crippen molar-refractivity contribution in [2.45, 2.75) is 38.8 Å². The molecule has 24 heavy (non-hydrogen) atoms. The number of carbonyl (C=O) groups is 1. The van der Waals surface area contributed by atoms with E-state index in [0.717, 1.165) is 37.5 Å².